The molecule has 1 fully saturated rings. The van der Waals surface area contributed by atoms with Gasteiger partial charge in [0.15, 0.2) is 6.61 Å². The second kappa shape index (κ2) is 7.87. The third-order valence-electron chi connectivity index (χ3n) is 3.65. The number of aliphatic hydroxyl groups excluding tert-OH is 1. The van der Waals surface area contributed by atoms with Crippen LogP contribution in [0.2, 0.25) is 10.0 Å². The van der Waals surface area contributed by atoms with Gasteiger partial charge < -0.3 is 14.7 Å². The summed E-state index contributed by atoms with van der Waals surface area (Å²) < 4.78 is 5.49. The number of nitrogens with zero attached hydrogens (tertiary/aromatic N) is 1. The number of hydrogen-bond donors (Lipinski definition) is 1. The lowest BCUT2D eigenvalue weighted by Crippen LogP contribution is -2.38. The fraction of sp³-hybridized carbons (Fsp3) is 0.533. The summed E-state index contributed by atoms with van der Waals surface area (Å²) in [5.74, 6) is 0.505. The molecule has 2 rings (SSSR count). The van der Waals surface area contributed by atoms with Crippen LogP contribution >= 0.6 is 23.2 Å². The summed E-state index contributed by atoms with van der Waals surface area (Å²) in [4.78, 5) is 14.1. The average molecular weight is 332 g/mol. The molecule has 4 nitrogen and oxygen atoms in total. The van der Waals surface area contributed by atoms with E-state index in [9.17, 15) is 4.79 Å². The number of carbonyl (C=O) groups excluding carboxylic acids is 1. The third-order valence-corrected chi connectivity index (χ3v) is 4.39. The van der Waals surface area contributed by atoms with Crippen LogP contribution in [0.3, 0.4) is 0 Å². The minimum Gasteiger partial charge on any atom is -0.484 e. The molecule has 1 aromatic rings. The summed E-state index contributed by atoms with van der Waals surface area (Å²) in [6.07, 6.45) is 3.57. The molecule has 0 aromatic heterocycles. The molecule has 1 saturated heterocycles. The Labute approximate surface area is 134 Å². The van der Waals surface area contributed by atoms with Crippen LogP contribution in [-0.2, 0) is 4.79 Å². The second-order valence-corrected chi connectivity index (χ2v) is 5.93. The Morgan fingerprint density at radius 3 is 2.90 bits per heavy atom. The van der Waals surface area contributed by atoms with Gasteiger partial charge in [-0.1, -0.05) is 23.2 Å². The Kier molecular flexibility index (Phi) is 6.15. The highest BCUT2D eigenvalue weighted by Crippen LogP contribution is 2.26. The van der Waals surface area contributed by atoms with Crippen molar-refractivity contribution in [2.75, 3.05) is 19.8 Å². The van der Waals surface area contributed by atoms with Crippen molar-refractivity contribution in [2.24, 2.45) is 0 Å². The zero-order valence-corrected chi connectivity index (χ0v) is 13.2. The molecule has 0 spiro atoms. The number of rotatable bonds is 6. The first-order valence-electron chi connectivity index (χ1n) is 7.10. The fourth-order valence-corrected chi connectivity index (χ4v) is 2.87. The summed E-state index contributed by atoms with van der Waals surface area (Å²) in [5.41, 5.74) is 0. The quantitative estimate of drug-likeness (QED) is 0.871. The van der Waals surface area contributed by atoms with Crippen LogP contribution in [0.15, 0.2) is 18.2 Å². The Hall–Kier alpha value is -0.970. The number of likely N-dealkylation sites (tertiary alicyclic amines) is 1. The number of ether oxygens (including phenoxy) is 1. The van der Waals surface area contributed by atoms with Gasteiger partial charge >= 0.3 is 0 Å². The van der Waals surface area contributed by atoms with E-state index in [-0.39, 0.29) is 25.2 Å². The first-order chi connectivity index (χ1) is 10.1. The Morgan fingerprint density at radius 2 is 2.19 bits per heavy atom. The first kappa shape index (κ1) is 16.4. The Bertz CT molecular complexity index is 496. The van der Waals surface area contributed by atoms with Crippen LogP contribution in [-0.4, -0.2) is 41.7 Å². The van der Waals surface area contributed by atoms with Crippen molar-refractivity contribution in [1.29, 1.82) is 0 Å². The summed E-state index contributed by atoms with van der Waals surface area (Å²) in [6, 6.07) is 5.16. The SMILES string of the molecule is O=C(COc1ccc(Cl)c(Cl)c1)N1CCCC1CCCO. The molecule has 1 N–H and O–H groups in total. The zero-order valence-electron chi connectivity index (χ0n) is 11.7. The van der Waals surface area contributed by atoms with Crippen molar-refractivity contribution in [3.05, 3.63) is 28.2 Å². The van der Waals surface area contributed by atoms with Gasteiger partial charge in [0.1, 0.15) is 5.75 Å². The number of hydrogen-bond acceptors (Lipinski definition) is 3. The van der Waals surface area contributed by atoms with Gasteiger partial charge in [-0.3, -0.25) is 4.79 Å². The number of amides is 1. The molecular formula is C15H19Cl2NO3. The van der Waals surface area contributed by atoms with Gasteiger partial charge in [0.25, 0.3) is 5.91 Å². The summed E-state index contributed by atoms with van der Waals surface area (Å²) in [7, 11) is 0. The topological polar surface area (TPSA) is 49.8 Å². The van der Waals surface area contributed by atoms with Crippen LogP contribution in [0, 0.1) is 0 Å². The van der Waals surface area contributed by atoms with Crippen LogP contribution in [0.4, 0.5) is 0 Å². The molecule has 1 aliphatic heterocycles. The minimum absolute atomic E-state index is 0.00636. The van der Waals surface area contributed by atoms with E-state index in [1.54, 1.807) is 18.2 Å². The number of halogens is 2. The molecule has 1 atom stereocenters. The monoisotopic (exact) mass is 331 g/mol. The van der Waals surface area contributed by atoms with Crippen molar-refractivity contribution in [3.8, 4) is 5.75 Å². The highest BCUT2D eigenvalue weighted by molar-refractivity contribution is 6.42. The van der Waals surface area contributed by atoms with Crippen molar-refractivity contribution >= 4 is 29.1 Å². The lowest BCUT2D eigenvalue weighted by Gasteiger charge is -2.24. The molecule has 1 unspecified atom stereocenters. The maximum Gasteiger partial charge on any atom is 0.260 e. The molecule has 116 valence electrons. The van der Waals surface area contributed by atoms with E-state index >= 15 is 0 Å². The van der Waals surface area contributed by atoms with Crippen LogP contribution in [0.5, 0.6) is 5.75 Å². The molecule has 6 heteroatoms. The van der Waals surface area contributed by atoms with Crippen molar-refractivity contribution < 1.29 is 14.6 Å². The predicted octanol–water partition coefficient (Wildman–Crippen LogP) is 3.14. The van der Waals surface area contributed by atoms with E-state index in [1.807, 2.05) is 4.90 Å². The molecule has 0 saturated carbocycles. The lowest BCUT2D eigenvalue weighted by atomic mass is 10.1. The molecule has 0 aliphatic carbocycles. The van der Waals surface area contributed by atoms with E-state index in [4.69, 9.17) is 33.0 Å². The molecule has 0 radical (unpaired) electrons. The molecule has 1 heterocycles. The van der Waals surface area contributed by atoms with Gasteiger partial charge in [0, 0.05) is 25.3 Å². The van der Waals surface area contributed by atoms with E-state index in [2.05, 4.69) is 0 Å². The smallest absolute Gasteiger partial charge is 0.260 e. The van der Waals surface area contributed by atoms with Crippen LogP contribution in [0.25, 0.3) is 0 Å². The molecule has 1 aromatic carbocycles. The van der Waals surface area contributed by atoms with Crippen molar-refractivity contribution in [2.45, 2.75) is 31.7 Å². The fourth-order valence-electron chi connectivity index (χ4n) is 2.59. The number of aliphatic hydroxyl groups is 1. The van der Waals surface area contributed by atoms with Gasteiger partial charge in [0.05, 0.1) is 10.0 Å². The molecule has 1 amide bonds. The molecule has 1 aliphatic rings. The van der Waals surface area contributed by atoms with Crippen LogP contribution in [0.1, 0.15) is 25.7 Å². The predicted molar refractivity (Wildman–Crippen MR) is 83.0 cm³/mol. The van der Waals surface area contributed by atoms with Gasteiger partial charge in [-0.05, 0) is 37.8 Å². The van der Waals surface area contributed by atoms with Gasteiger partial charge in [0.2, 0.25) is 0 Å². The molecule has 21 heavy (non-hydrogen) atoms. The lowest BCUT2D eigenvalue weighted by molar-refractivity contribution is -0.134. The summed E-state index contributed by atoms with van der Waals surface area (Å²) in [6.45, 7) is 0.922. The Balaban J connectivity index is 1.87. The molecular weight excluding hydrogens is 313 g/mol. The normalized spacial score (nSPS) is 18.0. The number of carbonyl (C=O) groups is 1. The maximum absolute atomic E-state index is 12.2. The minimum atomic E-state index is -0.0264. The van der Waals surface area contributed by atoms with Gasteiger partial charge in [-0.15, -0.1) is 0 Å². The Morgan fingerprint density at radius 1 is 1.38 bits per heavy atom. The van der Waals surface area contributed by atoms with E-state index in [0.717, 1.165) is 32.2 Å². The molecule has 0 bridgehead atoms. The van der Waals surface area contributed by atoms with E-state index < -0.39 is 0 Å². The summed E-state index contributed by atoms with van der Waals surface area (Å²) in [5, 5.41) is 9.76. The van der Waals surface area contributed by atoms with Crippen molar-refractivity contribution in [3.63, 3.8) is 0 Å². The van der Waals surface area contributed by atoms with Crippen molar-refractivity contribution in [1.82, 2.24) is 4.90 Å². The average Bonchev–Trinajstić information content (AvgIpc) is 2.94. The number of benzene rings is 1. The van der Waals surface area contributed by atoms with Gasteiger partial charge in [-0.2, -0.15) is 0 Å². The van der Waals surface area contributed by atoms with E-state index in [0.29, 0.717) is 15.8 Å². The highest BCUT2D eigenvalue weighted by Gasteiger charge is 2.28. The van der Waals surface area contributed by atoms with E-state index in [1.165, 1.54) is 0 Å². The zero-order chi connectivity index (χ0) is 15.2. The standard InChI is InChI=1S/C15H19Cl2NO3/c16-13-6-5-12(9-14(13)17)21-10-15(20)18-7-1-3-11(18)4-2-8-19/h5-6,9,11,19H,1-4,7-8,10H2. The first-order valence-corrected chi connectivity index (χ1v) is 7.85. The maximum atomic E-state index is 12.2. The second-order valence-electron chi connectivity index (χ2n) is 5.11. The van der Waals surface area contributed by atoms with Gasteiger partial charge in [-0.25, -0.2) is 0 Å². The highest BCUT2D eigenvalue weighted by atomic mass is 35.5. The third kappa shape index (κ3) is 4.50. The van der Waals surface area contributed by atoms with Crippen LogP contribution < -0.4 is 4.74 Å². The summed E-state index contributed by atoms with van der Waals surface area (Å²) >= 11 is 11.7. The largest absolute Gasteiger partial charge is 0.484 e.